The van der Waals surface area contributed by atoms with Crippen molar-refractivity contribution >= 4 is 27.4 Å². The highest BCUT2D eigenvalue weighted by molar-refractivity contribution is 7.19. The topological polar surface area (TPSA) is 37.8 Å². The molecule has 3 rings (SSSR count). The summed E-state index contributed by atoms with van der Waals surface area (Å²) in [5, 5.41) is 4.56. The van der Waals surface area contributed by atoms with Gasteiger partial charge in [-0.2, -0.15) is 0 Å². The van der Waals surface area contributed by atoms with Gasteiger partial charge in [-0.3, -0.25) is 0 Å². The molecule has 0 bridgehead atoms. The zero-order valence-corrected chi connectivity index (χ0v) is 12.7. The van der Waals surface area contributed by atoms with Crippen molar-refractivity contribution in [2.75, 3.05) is 12.4 Å². The van der Waals surface area contributed by atoms with Gasteiger partial charge in [0.15, 0.2) is 0 Å². The van der Waals surface area contributed by atoms with Crippen molar-refractivity contribution in [3.8, 4) is 0 Å². The molecule has 0 fully saturated rings. The lowest BCUT2D eigenvalue weighted by Crippen LogP contribution is -2.05. The molecule has 0 amide bonds. The number of aryl methyl sites for hydroxylation is 2. The second kappa shape index (κ2) is 5.08. The third-order valence-corrected chi connectivity index (χ3v) is 4.87. The van der Waals surface area contributed by atoms with Gasteiger partial charge in [0.2, 0.25) is 0 Å². The number of aromatic nitrogens is 2. The number of hydrogen-bond acceptors (Lipinski definition) is 4. The van der Waals surface area contributed by atoms with Gasteiger partial charge in [-0.15, -0.1) is 11.3 Å². The summed E-state index contributed by atoms with van der Waals surface area (Å²) in [6.45, 7) is 4.43. The predicted octanol–water partition coefficient (Wildman–Crippen LogP) is 3.81. The maximum atomic E-state index is 4.80. The first-order valence-electron chi connectivity index (χ1n) is 7.18. The number of fused-ring (bicyclic) bond motifs is 3. The third-order valence-electron chi connectivity index (χ3n) is 3.69. The van der Waals surface area contributed by atoms with Gasteiger partial charge in [-0.05, 0) is 37.2 Å². The quantitative estimate of drug-likeness (QED) is 0.925. The van der Waals surface area contributed by atoms with Crippen LogP contribution in [0.5, 0.6) is 0 Å². The van der Waals surface area contributed by atoms with Gasteiger partial charge in [0.25, 0.3) is 0 Å². The highest BCUT2D eigenvalue weighted by Gasteiger charge is 2.20. The summed E-state index contributed by atoms with van der Waals surface area (Å²) >= 11 is 1.88. The number of nitrogens with one attached hydrogen (secondary N) is 1. The maximum Gasteiger partial charge on any atom is 0.138 e. The third kappa shape index (κ3) is 2.34. The maximum absolute atomic E-state index is 4.80. The van der Waals surface area contributed by atoms with Crippen LogP contribution in [0.4, 0.5) is 5.82 Å². The summed E-state index contributed by atoms with van der Waals surface area (Å²) in [6, 6.07) is 0. The van der Waals surface area contributed by atoms with Crippen LogP contribution in [0, 0.1) is 5.92 Å². The minimum absolute atomic E-state index is 0.594. The summed E-state index contributed by atoms with van der Waals surface area (Å²) < 4.78 is 0. The molecule has 0 unspecified atom stereocenters. The number of hydrogen-bond donors (Lipinski definition) is 1. The Morgan fingerprint density at radius 3 is 2.74 bits per heavy atom. The summed E-state index contributed by atoms with van der Waals surface area (Å²) in [5.41, 5.74) is 1.51. The monoisotopic (exact) mass is 275 g/mol. The Kier molecular flexibility index (Phi) is 3.44. The lowest BCUT2D eigenvalue weighted by Gasteiger charge is -2.12. The molecular formula is C15H21N3S. The van der Waals surface area contributed by atoms with Crippen LogP contribution in [-0.4, -0.2) is 17.0 Å². The number of nitrogens with zero attached hydrogens (tertiary/aromatic N) is 2. The first kappa shape index (κ1) is 12.9. The minimum atomic E-state index is 0.594. The van der Waals surface area contributed by atoms with Crippen molar-refractivity contribution in [3.63, 3.8) is 0 Å². The van der Waals surface area contributed by atoms with E-state index in [-0.39, 0.29) is 0 Å². The summed E-state index contributed by atoms with van der Waals surface area (Å²) in [7, 11) is 1.97. The van der Waals surface area contributed by atoms with Crippen LogP contribution in [0.3, 0.4) is 0 Å². The van der Waals surface area contributed by atoms with Gasteiger partial charge >= 0.3 is 0 Å². The molecule has 2 aromatic heterocycles. The summed E-state index contributed by atoms with van der Waals surface area (Å²) in [5.74, 6) is 2.60. The smallest absolute Gasteiger partial charge is 0.138 e. The van der Waals surface area contributed by atoms with E-state index in [1.54, 1.807) is 0 Å². The molecule has 1 N–H and O–H groups in total. The molecule has 102 valence electrons. The molecule has 1 aliphatic carbocycles. The average Bonchev–Trinajstić information content (AvgIpc) is 2.75. The van der Waals surface area contributed by atoms with Gasteiger partial charge in [0, 0.05) is 18.3 Å². The summed E-state index contributed by atoms with van der Waals surface area (Å²) in [6.07, 6.45) is 5.99. The molecule has 0 aliphatic heterocycles. The van der Waals surface area contributed by atoms with Crippen molar-refractivity contribution in [1.82, 2.24) is 9.97 Å². The highest BCUT2D eigenvalue weighted by atomic mass is 32.1. The number of rotatable bonds is 3. The molecule has 0 atom stereocenters. The Morgan fingerprint density at radius 2 is 2.00 bits per heavy atom. The van der Waals surface area contributed by atoms with Crippen molar-refractivity contribution in [3.05, 3.63) is 16.3 Å². The zero-order chi connectivity index (χ0) is 13.4. The van der Waals surface area contributed by atoms with E-state index in [1.807, 2.05) is 18.4 Å². The standard InChI is InChI=1S/C15H21N3S/c1-9(2)8-12-17-14(16-3)13-10-6-4-5-7-11(10)19-15(13)18-12/h9H,4-8H2,1-3H3,(H,16,17,18). The Hall–Kier alpha value is -1.16. The average molecular weight is 275 g/mol. The van der Waals surface area contributed by atoms with Gasteiger partial charge in [-0.1, -0.05) is 13.8 Å². The van der Waals surface area contributed by atoms with E-state index in [1.165, 1.54) is 46.3 Å². The van der Waals surface area contributed by atoms with Crippen LogP contribution in [0.15, 0.2) is 0 Å². The van der Waals surface area contributed by atoms with E-state index in [2.05, 4.69) is 19.2 Å². The Labute approximate surface area is 118 Å². The van der Waals surface area contributed by atoms with Crippen LogP contribution < -0.4 is 5.32 Å². The predicted molar refractivity (Wildman–Crippen MR) is 82.1 cm³/mol. The molecule has 3 nitrogen and oxygen atoms in total. The molecule has 0 saturated heterocycles. The Bertz CT molecular complexity index is 601. The second-order valence-corrected chi connectivity index (χ2v) is 6.81. The SMILES string of the molecule is CNc1nc(CC(C)C)nc2sc3c(c12)CCCC3. The largest absolute Gasteiger partial charge is 0.372 e. The van der Waals surface area contributed by atoms with Crippen LogP contribution in [0.2, 0.25) is 0 Å². The van der Waals surface area contributed by atoms with E-state index in [0.717, 1.165) is 18.1 Å². The van der Waals surface area contributed by atoms with E-state index in [9.17, 15) is 0 Å². The van der Waals surface area contributed by atoms with Gasteiger partial charge in [-0.25, -0.2) is 9.97 Å². The molecule has 0 saturated carbocycles. The van der Waals surface area contributed by atoms with E-state index in [4.69, 9.17) is 9.97 Å². The van der Waals surface area contributed by atoms with Gasteiger partial charge in [0.1, 0.15) is 16.5 Å². The molecule has 1 aliphatic rings. The normalized spacial score (nSPS) is 14.9. The minimum Gasteiger partial charge on any atom is -0.372 e. The van der Waals surface area contributed by atoms with E-state index < -0.39 is 0 Å². The van der Waals surface area contributed by atoms with Crippen LogP contribution in [-0.2, 0) is 19.3 Å². The first-order valence-corrected chi connectivity index (χ1v) is 7.99. The van der Waals surface area contributed by atoms with Crippen molar-refractivity contribution < 1.29 is 0 Å². The van der Waals surface area contributed by atoms with Crippen molar-refractivity contribution in [2.45, 2.75) is 46.0 Å². The molecule has 2 heterocycles. The zero-order valence-electron chi connectivity index (χ0n) is 11.9. The van der Waals surface area contributed by atoms with Gasteiger partial charge < -0.3 is 5.32 Å². The second-order valence-electron chi connectivity index (χ2n) is 5.73. The molecule has 0 spiro atoms. The van der Waals surface area contributed by atoms with Crippen LogP contribution in [0.1, 0.15) is 43.0 Å². The number of thiophene rings is 1. The fourth-order valence-corrected chi connectivity index (χ4v) is 4.12. The molecular weight excluding hydrogens is 254 g/mol. The van der Waals surface area contributed by atoms with E-state index >= 15 is 0 Å². The Balaban J connectivity index is 2.16. The van der Waals surface area contributed by atoms with Crippen molar-refractivity contribution in [1.29, 1.82) is 0 Å². The Morgan fingerprint density at radius 1 is 1.21 bits per heavy atom. The molecule has 2 aromatic rings. The van der Waals surface area contributed by atoms with Gasteiger partial charge in [0.05, 0.1) is 5.39 Å². The van der Waals surface area contributed by atoms with Crippen molar-refractivity contribution in [2.24, 2.45) is 5.92 Å². The highest BCUT2D eigenvalue weighted by Crippen LogP contribution is 2.38. The molecule has 0 aromatic carbocycles. The lowest BCUT2D eigenvalue weighted by atomic mass is 9.97. The van der Waals surface area contributed by atoms with Crippen LogP contribution >= 0.6 is 11.3 Å². The fraction of sp³-hybridized carbons (Fsp3) is 0.600. The van der Waals surface area contributed by atoms with Crippen LogP contribution in [0.25, 0.3) is 10.2 Å². The first-order chi connectivity index (χ1) is 9.19. The molecule has 19 heavy (non-hydrogen) atoms. The number of anilines is 1. The lowest BCUT2D eigenvalue weighted by molar-refractivity contribution is 0.623. The molecule has 0 radical (unpaired) electrons. The molecule has 4 heteroatoms. The van der Waals surface area contributed by atoms with E-state index in [0.29, 0.717) is 5.92 Å². The summed E-state index contributed by atoms with van der Waals surface area (Å²) in [4.78, 5) is 12.2. The fourth-order valence-electron chi connectivity index (χ4n) is 2.84.